The third-order valence-electron chi connectivity index (χ3n) is 3.21. The number of hydrogen-bond acceptors (Lipinski definition) is 4. The molecule has 2 heterocycles. The normalized spacial score (nSPS) is 18.8. The molecule has 0 aromatic carbocycles. The highest BCUT2D eigenvalue weighted by molar-refractivity contribution is 5.76. The van der Waals surface area contributed by atoms with Gasteiger partial charge in [0.25, 0.3) is 0 Å². The minimum atomic E-state index is -0.905. The molecule has 1 atom stereocenters. The van der Waals surface area contributed by atoms with E-state index in [0.29, 0.717) is 32.5 Å². The van der Waals surface area contributed by atoms with Crippen LogP contribution in [-0.4, -0.2) is 52.7 Å². The summed E-state index contributed by atoms with van der Waals surface area (Å²) in [6, 6.07) is 5.62. The van der Waals surface area contributed by atoms with Crippen molar-refractivity contribution in [3.8, 4) is 0 Å². The lowest BCUT2D eigenvalue weighted by molar-refractivity contribution is -0.147. The largest absolute Gasteiger partial charge is 0.481 e. The molecule has 6 heteroatoms. The molecule has 1 saturated heterocycles. The molecule has 1 aliphatic rings. The highest BCUT2D eigenvalue weighted by Gasteiger charge is 2.25. The molecule has 1 aliphatic heterocycles. The second-order valence-electron chi connectivity index (χ2n) is 4.75. The summed E-state index contributed by atoms with van der Waals surface area (Å²) in [6.45, 7) is 1.28. The third kappa shape index (κ3) is 4.31. The Kier molecular flexibility index (Phi) is 5.06. The topological polar surface area (TPSA) is 79.7 Å². The van der Waals surface area contributed by atoms with Crippen molar-refractivity contribution < 1.29 is 19.4 Å². The maximum absolute atomic E-state index is 12.1. The van der Waals surface area contributed by atoms with Gasteiger partial charge < -0.3 is 14.7 Å². The van der Waals surface area contributed by atoms with Gasteiger partial charge in [-0.25, -0.2) is 0 Å². The van der Waals surface area contributed by atoms with E-state index in [4.69, 9.17) is 9.84 Å². The van der Waals surface area contributed by atoms with Gasteiger partial charge in [0.05, 0.1) is 19.1 Å². The summed E-state index contributed by atoms with van der Waals surface area (Å²) in [5, 5.41) is 8.75. The first-order valence-corrected chi connectivity index (χ1v) is 6.66. The molecular weight excluding hydrogens is 260 g/mol. The van der Waals surface area contributed by atoms with E-state index < -0.39 is 12.1 Å². The van der Waals surface area contributed by atoms with E-state index >= 15 is 0 Å². The fraction of sp³-hybridized carbons (Fsp3) is 0.500. The number of aliphatic carboxylic acids is 1. The first-order chi connectivity index (χ1) is 9.65. The average molecular weight is 278 g/mol. The molecule has 1 aromatic heterocycles. The van der Waals surface area contributed by atoms with Crippen LogP contribution in [0, 0.1) is 0 Å². The second-order valence-corrected chi connectivity index (χ2v) is 4.75. The molecule has 1 N–H and O–H groups in total. The maximum Gasteiger partial charge on any atom is 0.306 e. The lowest BCUT2D eigenvalue weighted by Crippen LogP contribution is -2.46. The van der Waals surface area contributed by atoms with Gasteiger partial charge >= 0.3 is 5.97 Å². The number of hydrogen-bond donors (Lipinski definition) is 1. The number of carboxylic acid groups (broad SMARTS) is 1. The van der Waals surface area contributed by atoms with Crippen LogP contribution in [0.5, 0.6) is 0 Å². The molecule has 1 fully saturated rings. The van der Waals surface area contributed by atoms with Crippen LogP contribution in [0.1, 0.15) is 18.5 Å². The number of nitrogens with zero attached hydrogens (tertiary/aromatic N) is 2. The van der Waals surface area contributed by atoms with Crippen molar-refractivity contribution >= 4 is 11.9 Å². The summed E-state index contributed by atoms with van der Waals surface area (Å²) in [5.41, 5.74) is 0.885. The van der Waals surface area contributed by atoms with E-state index in [1.54, 1.807) is 11.1 Å². The average Bonchev–Trinajstić information content (AvgIpc) is 2.45. The fourth-order valence-corrected chi connectivity index (χ4v) is 2.20. The fourth-order valence-electron chi connectivity index (χ4n) is 2.20. The van der Waals surface area contributed by atoms with Gasteiger partial charge in [-0.1, -0.05) is 6.07 Å². The van der Waals surface area contributed by atoms with Crippen LogP contribution in [0.15, 0.2) is 24.4 Å². The summed E-state index contributed by atoms with van der Waals surface area (Å²) < 4.78 is 5.34. The Labute approximate surface area is 117 Å². The monoisotopic (exact) mass is 278 g/mol. The Morgan fingerprint density at radius 2 is 2.30 bits per heavy atom. The van der Waals surface area contributed by atoms with Crippen molar-refractivity contribution in [3.63, 3.8) is 0 Å². The molecule has 0 radical (unpaired) electrons. The lowest BCUT2D eigenvalue weighted by atomic mass is 10.1. The van der Waals surface area contributed by atoms with Crippen molar-refractivity contribution in [2.45, 2.75) is 25.4 Å². The molecule has 1 aromatic rings. The summed E-state index contributed by atoms with van der Waals surface area (Å²) in [7, 11) is 0. The van der Waals surface area contributed by atoms with Crippen LogP contribution in [0.3, 0.4) is 0 Å². The molecule has 0 spiro atoms. The number of carboxylic acids is 1. The number of aromatic nitrogens is 1. The van der Waals surface area contributed by atoms with Gasteiger partial charge in [0.1, 0.15) is 0 Å². The predicted molar refractivity (Wildman–Crippen MR) is 71.1 cm³/mol. The van der Waals surface area contributed by atoms with E-state index in [2.05, 4.69) is 4.98 Å². The SMILES string of the molecule is O=C(O)CC1CN(C(=O)CCc2ccccn2)CCO1. The Hall–Kier alpha value is -1.95. The zero-order chi connectivity index (χ0) is 14.4. The van der Waals surface area contributed by atoms with Crippen LogP contribution < -0.4 is 0 Å². The summed E-state index contributed by atoms with van der Waals surface area (Å²) in [5.74, 6) is -0.882. The number of pyridine rings is 1. The summed E-state index contributed by atoms with van der Waals surface area (Å²) in [4.78, 5) is 28.6. The quantitative estimate of drug-likeness (QED) is 0.858. The van der Waals surface area contributed by atoms with Crippen molar-refractivity contribution in [1.82, 2.24) is 9.88 Å². The second kappa shape index (κ2) is 7.00. The number of morpholine rings is 1. The van der Waals surface area contributed by atoms with Crippen LogP contribution in [0.25, 0.3) is 0 Å². The zero-order valence-electron chi connectivity index (χ0n) is 11.2. The van der Waals surface area contributed by atoms with Crippen molar-refractivity contribution in [3.05, 3.63) is 30.1 Å². The molecule has 0 bridgehead atoms. The van der Waals surface area contributed by atoms with E-state index in [-0.39, 0.29) is 12.3 Å². The summed E-state index contributed by atoms with van der Waals surface area (Å²) >= 11 is 0. The maximum atomic E-state index is 12.1. The van der Waals surface area contributed by atoms with E-state index in [1.165, 1.54) is 0 Å². The van der Waals surface area contributed by atoms with Crippen LogP contribution in [0.2, 0.25) is 0 Å². The molecule has 2 rings (SSSR count). The number of rotatable bonds is 5. The first-order valence-electron chi connectivity index (χ1n) is 6.66. The summed E-state index contributed by atoms with van der Waals surface area (Å²) in [6.07, 6.45) is 2.22. The van der Waals surface area contributed by atoms with Crippen LogP contribution in [-0.2, 0) is 20.7 Å². The highest BCUT2D eigenvalue weighted by atomic mass is 16.5. The molecule has 20 heavy (non-hydrogen) atoms. The van der Waals surface area contributed by atoms with Crippen molar-refractivity contribution in [1.29, 1.82) is 0 Å². The van der Waals surface area contributed by atoms with Gasteiger partial charge in [0.2, 0.25) is 5.91 Å². The number of ether oxygens (including phenoxy) is 1. The predicted octanol–water partition coefficient (Wildman–Crippen LogP) is 0.716. The third-order valence-corrected chi connectivity index (χ3v) is 3.21. The lowest BCUT2D eigenvalue weighted by Gasteiger charge is -2.32. The Balaban J connectivity index is 1.81. The molecular formula is C14H18N2O4. The number of aryl methyl sites for hydroxylation is 1. The van der Waals surface area contributed by atoms with Gasteiger partial charge in [-0.2, -0.15) is 0 Å². The Morgan fingerprint density at radius 3 is 3.00 bits per heavy atom. The van der Waals surface area contributed by atoms with Gasteiger partial charge in [-0.15, -0.1) is 0 Å². The minimum Gasteiger partial charge on any atom is -0.481 e. The molecule has 6 nitrogen and oxygen atoms in total. The first kappa shape index (κ1) is 14.5. The van der Waals surface area contributed by atoms with Crippen molar-refractivity contribution in [2.24, 2.45) is 0 Å². The van der Waals surface area contributed by atoms with E-state index in [1.807, 2.05) is 18.2 Å². The van der Waals surface area contributed by atoms with Gasteiger partial charge in [0.15, 0.2) is 0 Å². The van der Waals surface area contributed by atoms with E-state index in [9.17, 15) is 9.59 Å². The van der Waals surface area contributed by atoms with Gasteiger partial charge in [-0.05, 0) is 18.6 Å². The van der Waals surface area contributed by atoms with Gasteiger partial charge in [0, 0.05) is 31.4 Å². The minimum absolute atomic E-state index is 0.0225. The molecule has 1 amide bonds. The van der Waals surface area contributed by atoms with Gasteiger partial charge in [-0.3, -0.25) is 14.6 Å². The highest BCUT2D eigenvalue weighted by Crippen LogP contribution is 2.11. The number of amides is 1. The molecule has 0 aliphatic carbocycles. The zero-order valence-corrected chi connectivity index (χ0v) is 11.2. The van der Waals surface area contributed by atoms with E-state index in [0.717, 1.165) is 5.69 Å². The Morgan fingerprint density at radius 1 is 1.45 bits per heavy atom. The Bertz CT molecular complexity index is 464. The van der Waals surface area contributed by atoms with Crippen LogP contribution in [0.4, 0.5) is 0 Å². The van der Waals surface area contributed by atoms with Crippen LogP contribution >= 0.6 is 0 Å². The molecule has 108 valence electrons. The smallest absolute Gasteiger partial charge is 0.306 e. The standard InChI is InChI=1S/C14H18N2O4/c17-13(5-4-11-3-1-2-6-15-11)16-7-8-20-12(10-16)9-14(18)19/h1-3,6,12H,4-5,7-10H2,(H,18,19). The number of carbonyl (C=O) groups excluding carboxylic acids is 1. The molecule has 1 unspecified atom stereocenters. The van der Waals surface area contributed by atoms with Crippen molar-refractivity contribution in [2.75, 3.05) is 19.7 Å². The molecule has 0 saturated carbocycles. The number of carbonyl (C=O) groups is 2.